The lowest BCUT2D eigenvalue weighted by atomic mass is 10.1. The summed E-state index contributed by atoms with van der Waals surface area (Å²) in [6.45, 7) is 2.92. The zero-order valence-electron chi connectivity index (χ0n) is 13.9. The van der Waals surface area contributed by atoms with E-state index in [4.69, 9.17) is 4.74 Å². The molecular formula is C20H19NO3S. The average molecular weight is 353 g/mol. The Morgan fingerprint density at radius 3 is 2.36 bits per heavy atom. The van der Waals surface area contributed by atoms with E-state index in [2.05, 4.69) is 0 Å². The molecule has 1 fully saturated rings. The van der Waals surface area contributed by atoms with E-state index in [1.807, 2.05) is 61.5 Å². The van der Waals surface area contributed by atoms with Crippen molar-refractivity contribution < 1.29 is 13.2 Å². The van der Waals surface area contributed by atoms with Gasteiger partial charge in [0.05, 0.1) is 29.8 Å². The molecule has 3 aromatic carbocycles. The van der Waals surface area contributed by atoms with Crippen molar-refractivity contribution in [3.8, 4) is 0 Å². The third-order valence-corrected chi connectivity index (χ3v) is 6.19. The highest BCUT2D eigenvalue weighted by atomic mass is 32.2. The van der Waals surface area contributed by atoms with Gasteiger partial charge in [0, 0.05) is 0 Å². The minimum Gasteiger partial charge on any atom is -0.371 e. The van der Waals surface area contributed by atoms with Gasteiger partial charge in [-0.2, -0.15) is 0 Å². The fraction of sp³-hybridized carbons (Fsp3) is 0.200. The highest BCUT2D eigenvalue weighted by Crippen LogP contribution is 2.28. The highest BCUT2D eigenvalue weighted by Gasteiger charge is 2.33. The van der Waals surface area contributed by atoms with Crippen LogP contribution in [0, 0.1) is 6.92 Å². The van der Waals surface area contributed by atoms with Crippen LogP contribution in [-0.2, 0) is 14.8 Å². The molecule has 1 aliphatic heterocycles. The number of epoxide rings is 1. The predicted octanol–water partition coefficient (Wildman–Crippen LogP) is 3.74. The first-order valence-corrected chi connectivity index (χ1v) is 9.68. The van der Waals surface area contributed by atoms with Crippen LogP contribution in [0.4, 0.5) is 5.69 Å². The Labute approximate surface area is 147 Å². The van der Waals surface area contributed by atoms with Gasteiger partial charge < -0.3 is 4.74 Å². The van der Waals surface area contributed by atoms with Crippen molar-refractivity contribution in [2.75, 3.05) is 17.5 Å². The molecule has 0 saturated carbocycles. The maximum absolute atomic E-state index is 13.3. The van der Waals surface area contributed by atoms with Gasteiger partial charge in [-0.1, -0.05) is 48.0 Å². The topological polar surface area (TPSA) is 49.9 Å². The van der Waals surface area contributed by atoms with Gasteiger partial charge in [0.2, 0.25) is 0 Å². The highest BCUT2D eigenvalue weighted by molar-refractivity contribution is 7.92. The van der Waals surface area contributed by atoms with Crippen LogP contribution >= 0.6 is 0 Å². The molecule has 0 bridgehead atoms. The van der Waals surface area contributed by atoms with Crippen molar-refractivity contribution >= 4 is 26.5 Å². The largest absolute Gasteiger partial charge is 0.371 e. The Morgan fingerprint density at radius 2 is 1.68 bits per heavy atom. The van der Waals surface area contributed by atoms with Crippen LogP contribution in [0.3, 0.4) is 0 Å². The first-order chi connectivity index (χ1) is 12.0. The van der Waals surface area contributed by atoms with Crippen molar-refractivity contribution in [1.82, 2.24) is 0 Å². The van der Waals surface area contributed by atoms with E-state index >= 15 is 0 Å². The molecule has 0 N–H and O–H groups in total. The molecule has 0 radical (unpaired) electrons. The molecule has 0 amide bonds. The van der Waals surface area contributed by atoms with E-state index in [-0.39, 0.29) is 6.10 Å². The number of ether oxygens (including phenoxy) is 1. The first kappa shape index (κ1) is 16.1. The van der Waals surface area contributed by atoms with Crippen molar-refractivity contribution in [3.05, 3.63) is 72.3 Å². The van der Waals surface area contributed by atoms with Crippen molar-refractivity contribution in [3.63, 3.8) is 0 Å². The molecule has 1 aliphatic rings. The number of fused-ring (bicyclic) bond motifs is 1. The summed E-state index contributed by atoms with van der Waals surface area (Å²) >= 11 is 0. The summed E-state index contributed by atoms with van der Waals surface area (Å²) < 4.78 is 33.3. The predicted molar refractivity (Wildman–Crippen MR) is 99.4 cm³/mol. The number of sulfonamides is 1. The van der Waals surface area contributed by atoms with Crippen LogP contribution in [0.2, 0.25) is 0 Å². The van der Waals surface area contributed by atoms with E-state index in [9.17, 15) is 8.42 Å². The summed E-state index contributed by atoms with van der Waals surface area (Å²) in [5, 5.41) is 1.93. The van der Waals surface area contributed by atoms with Gasteiger partial charge >= 0.3 is 0 Å². The molecule has 128 valence electrons. The van der Waals surface area contributed by atoms with Crippen LogP contribution in [0.1, 0.15) is 5.56 Å². The zero-order chi connectivity index (χ0) is 17.4. The Hall–Kier alpha value is -2.37. The van der Waals surface area contributed by atoms with Crippen LogP contribution < -0.4 is 4.31 Å². The minimum absolute atomic E-state index is 0.0310. The number of nitrogens with zero attached hydrogens (tertiary/aromatic N) is 1. The minimum atomic E-state index is -3.66. The molecule has 0 aliphatic carbocycles. The third-order valence-electron chi connectivity index (χ3n) is 4.40. The SMILES string of the molecule is Cc1ccc(N(CC2CO2)S(=O)(=O)c2ccc3ccccc3c2)cc1. The van der Waals surface area contributed by atoms with Gasteiger partial charge in [-0.05, 0) is 42.0 Å². The molecule has 0 aromatic heterocycles. The van der Waals surface area contributed by atoms with Gasteiger partial charge in [0.15, 0.2) is 0 Å². The maximum atomic E-state index is 13.3. The van der Waals surface area contributed by atoms with E-state index in [0.717, 1.165) is 16.3 Å². The quantitative estimate of drug-likeness (QED) is 0.657. The van der Waals surface area contributed by atoms with Gasteiger partial charge in [-0.3, -0.25) is 4.31 Å². The van der Waals surface area contributed by atoms with Crippen molar-refractivity contribution in [1.29, 1.82) is 0 Å². The van der Waals surface area contributed by atoms with Gasteiger partial charge in [-0.25, -0.2) is 8.42 Å². The van der Waals surface area contributed by atoms with Gasteiger partial charge in [0.25, 0.3) is 10.0 Å². The van der Waals surface area contributed by atoms with Gasteiger partial charge in [-0.15, -0.1) is 0 Å². The van der Waals surface area contributed by atoms with E-state index in [1.165, 1.54) is 4.31 Å². The van der Waals surface area contributed by atoms with Crippen LogP contribution in [-0.4, -0.2) is 27.7 Å². The number of anilines is 1. The van der Waals surface area contributed by atoms with Crippen LogP contribution in [0.25, 0.3) is 10.8 Å². The molecule has 4 rings (SSSR count). The second-order valence-corrected chi connectivity index (χ2v) is 8.20. The fourth-order valence-electron chi connectivity index (χ4n) is 2.87. The molecule has 4 nitrogen and oxygen atoms in total. The summed E-state index contributed by atoms with van der Waals surface area (Å²) in [5.41, 5.74) is 1.75. The number of aryl methyl sites for hydroxylation is 1. The first-order valence-electron chi connectivity index (χ1n) is 8.24. The lowest BCUT2D eigenvalue weighted by Crippen LogP contribution is -2.34. The summed E-state index contributed by atoms with van der Waals surface area (Å²) in [6, 6.07) is 20.5. The summed E-state index contributed by atoms with van der Waals surface area (Å²) in [7, 11) is -3.66. The summed E-state index contributed by atoms with van der Waals surface area (Å²) in [5.74, 6) is 0. The molecule has 0 spiro atoms. The zero-order valence-corrected chi connectivity index (χ0v) is 14.7. The standard InChI is InChI=1S/C20H19NO3S/c1-15-6-9-18(10-7-15)21(13-19-14-24-19)25(22,23)20-11-8-16-4-2-3-5-17(16)12-20/h2-12,19H,13-14H2,1H3. The number of benzene rings is 3. The van der Waals surface area contributed by atoms with Crippen molar-refractivity contribution in [2.45, 2.75) is 17.9 Å². The number of rotatable bonds is 5. The lowest BCUT2D eigenvalue weighted by Gasteiger charge is -2.24. The normalized spacial score (nSPS) is 16.8. The molecular weight excluding hydrogens is 334 g/mol. The molecule has 5 heteroatoms. The summed E-state index contributed by atoms with van der Waals surface area (Å²) in [6.07, 6.45) is -0.0310. The van der Waals surface area contributed by atoms with E-state index in [0.29, 0.717) is 23.7 Å². The second-order valence-electron chi connectivity index (χ2n) is 6.34. The van der Waals surface area contributed by atoms with Crippen molar-refractivity contribution in [2.24, 2.45) is 0 Å². The number of hydrogen-bond acceptors (Lipinski definition) is 3. The fourth-order valence-corrected chi connectivity index (χ4v) is 4.40. The molecule has 1 heterocycles. The monoisotopic (exact) mass is 353 g/mol. The molecule has 25 heavy (non-hydrogen) atoms. The van der Waals surface area contributed by atoms with Crippen LogP contribution in [0.15, 0.2) is 71.6 Å². The maximum Gasteiger partial charge on any atom is 0.264 e. The molecule has 3 aromatic rings. The Bertz CT molecular complexity index is 1010. The second kappa shape index (κ2) is 6.17. The lowest BCUT2D eigenvalue weighted by molar-refractivity contribution is 0.412. The van der Waals surface area contributed by atoms with Crippen LogP contribution in [0.5, 0.6) is 0 Å². The van der Waals surface area contributed by atoms with E-state index < -0.39 is 10.0 Å². The van der Waals surface area contributed by atoms with Gasteiger partial charge in [0.1, 0.15) is 0 Å². The third kappa shape index (κ3) is 3.25. The van der Waals surface area contributed by atoms with E-state index in [1.54, 1.807) is 12.1 Å². The number of hydrogen-bond donors (Lipinski definition) is 0. The summed E-state index contributed by atoms with van der Waals surface area (Å²) in [4.78, 5) is 0.299. The average Bonchev–Trinajstić information content (AvgIpc) is 3.44. The Kier molecular flexibility index (Phi) is 3.98. The Morgan fingerprint density at radius 1 is 1.00 bits per heavy atom. The molecule has 1 saturated heterocycles. The smallest absolute Gasteiger partial charge is 0.264 e. The Balaban J connectivity index is 1.78. The molecule has 1 atom stereocenters. The molecule has 1 unspecified atom stereocenters.